The zero-order valence-corrected chi connectivity index (χ0v) is 59.8. The Hall–Kier alpha value is -11.3. The first-order chi connectivity index (χ1) is 49.9. The van der Waals surface area contributed by atoms with Gasteiger partial charge in [-0.3, -0.25) is 0 Å². The molecule has 0 spiro atoms. The van der Waals surface area contributed by atoms with E-state index < -0.39 is 36.6 Å². The van der Waals surface area contributed by atoms with Crippen molar-refractivity contribution in [1.82, 2.24) is 59.8 Å². The predicted molar refractivity (Wildman–Crippen MR) is 412 cm³/mol. The highest BCUT2D eigenvalue weighted by molar-refractivity contribution is 9.10. The molecule has 0 saturated carbocycles. The summed E-state index contributed by atoms with van der Waals surface area (Å²) in [7, 11) is -1.17. The fourth-order valence-corrected chi connectivity index (χ4v) is 11.8. The molecule has 0 N–H and O–H groups in total. The Morgan fingerprint density at radius 1 is 0.223 bits per heavy atom. The van der Waals surface area contributed by atoms with Gasteiger partial charge in [0, 0.05) is 91.7 Å². The summed E-state index contributed by atoms with van der Waals surface area (Å²) in [4.78, 5) is 55.7. The van der Waals surface area contributed by atoms with E-state index in [0.29, 0.717) is 46.6 Å². The zero-order valence-electron chi connectivity index (χ0n) is 58.2. The molecule has 0 radical (unpaired) electrons. The van der Waals surface area contributed by atoms with Crippen LogP contribution in [0.2, 0.25) is 0 Å². The summed E-state index contributed by atoms with van der Waals surface area (Å²) >= 11 is 3.38. The van der Waals surface area contributed by atoms with Gasteiger partial charge in [-0.15, -0.1) is 0 Å². The largest absolute Gasteiger partial charge is 0.494 e. The Balaban J connectivity index is 0.000000149. The first-order valence-corrected chi connectivity index (χ1v) is 34.7. The number of benzene rings is 9. The first-order valence-electron chi connectivity index (χ1n) is 33.9. The van der Waals surface area contributed by atoms with Crippen molar-refractivity contribution in [2.75, 3.05) is 0 Å². The van der Waals surface area contributed by atoms with Gasteiger partial charge in [-0.1, -0.05) is 216 Å². The maximum absolute atomic E-state index is 6.47. The molecule has 19 heteroatoms. The first kappa shape index (κ1) is 68.8. The smallest absolute Gasteiger partial charge is 0.399 e. The van der Waals surface area contributed by atoms with Crippen molar-refractivity contribution in [3.05, 3.63) is 290 Å². The monoisotopic (exact) mass is 1410 g/mol. The minimum Gasteiger partial charge on any atom is -0.399 e. The maximum atomic E-state index is 6.47. The molecule has 0 bridgehead atoms. The van der Waals surface area contributed by atoms with E-state index in [1.165, 1.54) is 0 Å². The summed E-state index contributed by atoms with van der Waals surface area (Å²) in [5, 5.41) is 0. The van der Waals surface area contributed by atoms with Crippen molar-refractivity contribution in [3.8, 4) is 125 Å². The average Bonchev–Trinajstić information content (AvgIpc) is 1.67. The molecule has 16 nitrogen and oxygen atoms in total. The van der Waals surface area contributed by atoms with Crippen LogP contribution in [0.4, 0.5) is 0 Å². The van der Waals surface area contributed by atoms with Gasteiger partial charge in [-0.05, 0) is 137 Å². The molecule has 7 heterocycles. The average molecular weight is 1410 g/mol. The SMILES string of the molecule is Brc1ccc(-c2ncccn2)cc1.CC1(C)OB(c2cc(B3OC(C)(C)C(C)(C)O3)cc(-c3nc(-c4ccccc4)nc(-c4ccccc4)n3)c2)OC1(C)C.c1ccc(-c2nc(-c3ccccc3)nc(-c3cc(-c4ccc(-c5ncccn5)cc4)cc(-c4ccc(-c5ncccn5)cc4)c3)n2)cc1. The van der Waals surface area contributed by atoms with Gasteiger partial charge in [0.1, 0.15) is 0 Å². The Morgan fingerprint density at radius 2 is 0.447 bits per heavy atom. The van der Waals surface area contributed by atoms with Crippen molar-refractivity contribution in [2.45, 2.75) is 77.8 Å². The number of aromatic nitrogens is 12. The molecule has 9 aromatic carbocycles. The second-order valence-electron chi connectivity index (χ2n) is 26.8. The molecule has 2 fully saturated rings. The fourth-order valence-electron chi connectivity index (χ4n) is 11.6. The summed E-state index contributed by atoms with van der Waals surface area (Å²) in [6, 6.07) is 82.5. The minimum absolute atomic E-state index is 0.494. The molecule has 504 valence electrons. The standard InChI is InChI=1S/C41H27N7.C33H37B2N3O4.C10H7BrN2/c1-3-9-30(10-4-1)39-46-40(31-11-5-2-6-12-31)48-41(47-39)36-26-34(28-13-17-32(18-14-28)37-42-21-7-22-43-37)25-35(27-36)29-15-19-33(20-16-29)38-44-23-8-24-45-38;1-30(2)31(3,4)40-34(39-30)25-19-24(20-26(21-25)35-41-32(5,6)33(7,8)42-35)29-37-27(22-15-11-9-12-16-22)36-28(38-29)23-17-13-10-14-18-23;11-9-4-2-8(3-5-9)10-12-6-1-7-13-10/h1-27H;9-21H,1-8H3;1-7H. The summed E-state index contributed by atoms with van der Waals surface area (Å²) in [5.74, 6) is 5.69. The summed E-state index contributed by atoms with van der Waals surface area (Å²) in [5.41, 5.74) is 12.1. The van der Waals surface area contributed by atoms with E-state index in [4.69, 9.17) is 48.5 Å². The van der Waals surface area contributed by atoms with Gasteiger partial charge in [-0.25, -0.2) is 59.8 Å². The van der Waals surface area contributed by atoms with Gasteiger partial charge >= 0.3 is 14.2 Å². The molecule has 2 aliphatic rings. The molecule has 2 aliphatic heterocycles. The number of hydrogen-bond acceptors (Lipinski definition) is 16. The van der Waals surface area contributed by atoms with Crippen LogP contribution in [-0.2, 0) is 18.6 Å². The summed E-state index contributed by atoms with van der Waals surface area (Å²) in [6.07, 6.45) is 10.5. The summed E-state index contributed by atoms with van der Waals surface area (Å²) in [6.45, 7) is 16.4. The molecule has 16 rings (SSSR count). The number of halogens is 1. The number of nitrogens with zero attached hydrogens (tertiary/aromatic N) is 12. The lowest BCUT2D eigenvalue weighted by Crippen LogP contribution is -2.41. The van der Waals surface area contributed by atoms with E-state index in [0.717, 1.165) is 93.5 Å². The number of hydrogen-bond donors (Lipinski definition) is 0. The van der Waals surface area contributed by atoms with Crippen molar-refractivity contribution >= 4 is 41.1 Å². The third kappa shape index (κ3) is 15.8. The molecule has 2 saturated heterocycles. The molecule has 0 aliphatic carbocycles. The quantitative estimate of drug-likeness (QED) is 0.0989. The number of rotatable bonds is 13. The van der Waals surface area contributed by atoms with E-state index in [1.807, 2.05) is 182 Å². The second kappa shape index (κ2) is 29.7. The van der Waals surface area contributed by atoms with Crippen molar-refractivity contribution < 1.29 is 18.6 Å². The van der Waals surface area contributed by atoms with Crippen LogP contribution in [0.25, 0.3) is 125 Å². The lowest BCUT2D eigenvalue weighted by Gasteiger charge is -2.32. The zero-order chi connectivity index (χ0) is 71.1. The van der Waals surface area contributed by atoms with E-state index in [9.17, 15) is 0 Å². The van der Waals surface area contributed by atoms with Gasteiger partial charge in [0.15, 0.2) is 52.4 Å². The van der Waals surface area contributed by atoms with E-state index >= 15 is 0 Å². The molecule has 103 heavy (non-hydrogen) atoms. The normalized spacial score (nSPS) is 14.6. The Morgan fingerprint density at radius 3 is 0.728 bits per heavy atom. The third-order valence-electron chi connectivity index (χ3n) is 18.6. The predicted octanol–water partition coefficient (Wildman–Crippen LogP) is 17.5. The lowest BCUT2D eigenvalue weighted by molar-refractivity contribution is 0.00578. The van der Waals surface area contributed by atoms with Gasteiger partial charge in [0.25, 0.3) is 0 Å². The van der Waals surface area contributed by atoms with Crippen LogP contribution in [0.15, 0.2) is 290 Å². The van der Waals surface area contributed by atoms with Crippen molar-refractivity contribution in [1.29, 1.82) is 0 Å². The van der Waals surface area contributed by atoms with Gasteiger partial charge in [-0.2, -0.15) is 0 Å². The molecular weight excluding hydrogens is 1340 g/mol. The van der Waals surface area contributed by atoms with Crippen LogP contribution in [0.5, 0.6) is 0 Å². The minimum atomic E-state index is -0.583. The molecule has 0 amide bonds. The van der Waals surface area contributed by atoms with Crippen LogP contribution >= 0.6 is 15.9 Å². The summed E-state index contributed by atoms with van der Waals surface area (Å²) < 4.78 is 26.9. The van der Waals surface area contributed by atoms with Crippen LogP contribution in [0.3, 0.4) is 0 Å². The molecular formula is C84H71B2BrN12O4. The highest BCUT2D eigenvalue weighted by atomic mass is 79.9. The van der Waals surface area contributed by atoms with Crippen LogP contribution in [0.1, 0.15) is 55.4 Å². The van der Waals surface area contributed by atoms with Crippen molar-refractivity contribution in [2.24, 2.45) is 0 Å². The molecule has 5 aromatic heterocycles. The van der Waals surface area contributed by atoms with Crippen LogP contribution < -0.4 is 10.9 Å². The molecule has 0 atom stereocenters. The topological polar surface area (TPSA) is 192 Å². The van der Waals surface area contributed by atoms with Crippen molar-refractivity contribution in [3.63, 3.8) is 0 Å². The highest BCUT2D eigenvalue weighted by Crippen LogP contribution is 2.40. The Kier molecular flexibility index (Phi) is 19.8. The van der Waals surface area contributed by atoms with Crippen LogP contribution in [-0.4, -0.2) is 96.4 Å². The Bertz CT molecular complexity index is 4920. The highest BCUT2D eigenvalue weighted by Gasteiger charge is 2.54. The molecule has 0 unspecified atom stereocenters. The fraction of sp³-hybridized carbons (Fsp3) is 0.143. The molecule has 14 aromatic rings. The van der Waals surface area contributed by atoms with Crippen LogP contribution in [0, 0.1) is 0 Å². The maximum Gasteiger partial charge on any atom is 0.494 e. The second-order valence-corrected chi connectivity index (χ2v) is 27.7. The van der Waals surface area contributed by atoms with Gasteiger partial charge in [0.2, 0.25) is 0 Å². The van der Waals surface area contributed by atoms with E-state index in [1.54, 1.807) is 37.2 Å². The van der Waals surface area contributed by atoms with Gasteiger partial charge < -0.3 is 18.6 Å². The lowest BCUT2D eigenvalue weighted by atomic mass is 9.71. The van der Waals surface area contributed by atoms with Gasteiger partial charge in [0.05, 0.1) is 22.4 Å². The van der Waals surface area contributed by atoms with E-state index in [-0.39, 0.29) is 0 Å². The Labute approximate surface area is 608 Å². The third-order valence-corrected chi connectivity index (χ3v) is 19.2. The van der Waals surface area contributed by atoms with E-state index in [2.05, 4.69) is 168 Å².